The molecule has 1 aliphatic heterocycles. The van der Waals surface area contributed by atoms with E-state index in [9.17, 15) is 0 Å². The van der Waals surface area contributed by atoms with E-state index in [0.717, 1.165) is 13.1 Å². The molecular formula is C19H38N2. The van der Waals surface area contributed by atoms with Crippen LogP contribution in [-0.4, -0.2) is 29.1 Å². The van der Waals surface area contributed by atoms with Crippen molar-refractivity contribution in [3.05, 3.63) is 12.4 Å². The second kappa shape index (κ2) is 11.9. The van der Waals surface area contributed by atoms with E-state index in [1.165, 1.54) is 70.6 Å². The maximum absolute atomic E-state index is 2.48. The standard InChI is InChI=1S/C19H38N2/c1-4-7-8-9-10-11-12-13-14-15-16-19-20(5-2)17-18-21(19)6-3/h17-19H,4-16H2,1-3H3. The zero-order valence-corrected chi connectivity index (χ0v) is 14.8. The van der Waals surface area contributed by atoms with Crippen LogP contribution in [0.2, 0.25) is 0 Å². The van der Waals surface area contributed by atoms with Crippen LogP contribution in [0.25, 0.3) is 0 Å². The van der Waals surface area contributed by atoms with Gasteiger partial charge in [0.25, 0.3) is 0 Å². The summed E-state index contributed by atoms with van der Waals surface area (Å²) in [6.45, 7) is 9.08. The zero-order valence-electron chi connectivity index (χ0n) is 14.8. The fourth-order valence-electron chi connectivity index (χ4n) is 3.34. The number of hydrogen-bond acceptors (Lipinski definition) is 2. The van der Waals surface area contributed by atoms with Crippen LogP contribution in [0, 0.1) is 0 Å². The molecular weight excluding hydrogens is 256 g/mol. The van der Waals surface area contributed by atoms with Gasteiger partial charge in [-0.1, -0.05) is 64.7 Å². The van der Waals surface area contributed by atoms with Crippen molar-refractivity contribution in [3.8, 4) is 0 Å². The number of nitrogens with zero attached hydrogens (tertiary/aromatic N) is 2. The minimum atomic E-state index is 0.633. The van der Waals surface area contributed by atoms with E-state index in [2.05, 4.69) is 43.0 Å². The van der Waals surface area contributed by atoms with Gasteiger partial charge in [0.15, 0.2) is 0 Å². The molecule has 1 rings (SSSR count). The zero-order chi connectivity index (χ0) is 15.3. The van der Waals surface area contributed by atoms with Gasteiger partial charge in [0.2, 0.25) is 0 Å². The first kappa shape index (κ1) is 18.4. The van der Waals surface area contributed by atoms with Gasteiger partial charge in [-0.3, -0.25) is 0 Å². The van der Waals surface area contributed by atoms with Gasteiger partial charge in [-0.05, 0) is 26.7 Å². The van der Waals surface area contributed by atoms with E-state index in [4.69, 9.17) is 0 Å². The Morgan fingerprint density at radius 1 is 0.619 bits per heavy atom. The Labute approximate surface area is 133 Å². The van der Waals surface area contributed by atoms with Crippen molar-refractivity contribution < 1.29 is 0 Å². The maximum atomic E-state index is 2.48. The van der Waals surface area contributed by atoms with Crippen LogP contribution in [-0.2, 0) is 0 Å². The van der Waals surface area contributed by atoms with Gasteiger partial charge in [0, 0.05) is 25.5 Å². The lowest BCUT2D eigenvalue weighted by Crippen LogP contribution is -2.38. The summed E-state index contributed by atoms with van der Waals surface area (Å²) in [6.07, 6.45) is 20.8. The Morgan fingerprint density at radius 3 is 1.48 bits per heavy atom. The highest BCUT2D eigenvalue weighted by molar-refractivity contribution is 4.95. The normalized spacial score (nSPS) is 15.4. The first-order valence-electron chi connectivity index (χ1n) is 9.53. The molecule has 0 amide bonds. The van der Waals surface area contributed by atoms with Crippen LogP contribution in [0.15, 0.2) is 12.4 Å². The first-order chi connectivity index (χ1) is 10.3. The summed E-state index contributed by atoms with van der Waals surface area (Å²) in [7, 11) is 0. The summed E-state index contributed by atoms with van der Waals surface area (Å²) in [5.74, 6) is 0. The van der Waals surface area contributed by atoms with Crippen molar-refractivity contribution in [2.45, 2.75) is 97.6 Å². The van der Waals surface area contributed by atoms with E-state index in [1.807, 2.05) is 0 Å². The summed E-state index contributed by atoms with van der Waals surface area (Å²) in [5, 5.41) is 0. The van der Waals surface area contributed by atoms with E-state index >= 15 is 0 Å². The van der Waals surface area contributed by atoms with Gasteiger partial charge in [-0.15, -0.1) is 0 Å². The van der Waals surface area contributed by atoms with Crippen molar-refractivity contribution in [1.82, 2.24) is 9.80 Å². The summed E-state index contributed by atoms with van der Waals surface area (Å²) in [4.78, 5) is 4.97. The Morgan fingerprint density at radius 2 is 1.05 bits per heavy atom. The van der Waals surface area contributed by atoms with Crippen LogP contribution in [0.4, 0.5) is 0 Å². The molecule has 21 heavy (non-hydrogen) atoms. The SMILES string of the molecule is CCCCCCCCCCCCC1N(CC)C=CN1CC. The van der Waals surface area contributed by atoms with Crippen LogP contribution < -0.4 is 0 Å². The largest absolute Gasteiger partial charge is 0.356 e. The highest BCUT2D eigenvalue weighted by Crippen LogP contribution is 2.21. The molecule has 0 saturated heterocycles. The van der Waals surface area contributed by atoms with E-state index < -0.39 is 0 Å². The van der Waals surface area contributed by atoms with Crippen molar-refractivity contribution in [2.75, 3.05) is 13.1 Å². The molecule has 0 aliphatic carbocycles. The lowest BCUT2D eigenvalue weighted by Gasteiger charge is -2.31. The first-order valence-corrected chi connectivity index (χ1v) is 9.53. The smallest absolute Gasteiger partial charge is 0.101 e. The van der Waals surface area contributed by atoms with Crippen LogP contribution in [0.5, 0.6) is 0 Å². The van der Waals surface area contributed by atoms with E-state index in [1.54, 1.807) is 0 Å². The molecule has 1 aliphatic rings. The third-order valence-corrected chi connectivity index (χ3v) is 4.76. The Balaban J connectivity index is 1.96. The molecule has 0 bridgehead atoms. The Bertz CT molecular complexity index is 248. The molecule has 2 nitrogen and oxygen atoms in total. The lowest BCUT2D eigenvalue weighted by molar-refractivity contribution is 0.149. The van der Waals surface area contributed by atoms with Gasteiger partial charge in [0.05, 0.1) is 0 Å². The molecule has 0 N–H and O–H groups in total. The van der Waals surface area contributed by atoms with Crippen molar-refractivity contribution in [3.63, 3.8) is 0 Å². The molecule has 0 aromatic heterocycles. The second-order valence-electron chi connectivity index (χ2n) is 6.41. The summed E-state index contributed by atoms with van der Waals surface area (Å²) < 4.78 is 0. The van der Waals surface area contributed by atoms with Gasteiger partial charge in [-0.2, -0.15) is 0 Å². The fraction of sp³-hybridized carbons (Fsp3) is 0.895. The molecule has 0 unspecified atom stereocenters. The number of hydrogen-bond donors (Lipinski definition) is 0. The quantitative estimate of drug-likeness (QED) is 0.399. The molecule has 0 aromatic carbocycles. The lowest BCUT2D eigenvalue weighted by atomic mass is 10.1. The van der Waals surface area contributed by atoms with E-state index in [-0.39, 0.29) is 0 Å². The topological polar surface area (TPSA) is 6.48 Å². The third kappa shape index (κ3) is 7.24. The molecule has 0 atom stereocenters. The average molecular weight is 295 g/mol. The summed E-state index contributed by atoms with van der Waals surface area (Å²) in [6, 6.07) is 0. The van der Waals surface area contributed by atoms with Crippen LogP contribution in [0.3, 0.4) is 0 Å². The van der Waals surface area contributed by atoms with Gasteiger partial charge in [-0.25, -0.2) is 0 Å². The molecule has 0 saturated carbocycles. The fourth-order valence-corrected chi connectivity index (χ4v) is 3.34. The Hall–Kier alpha value is -0.660. The highest BCUT2D eigenvalue weighted by Gasteiger charge is 2.22. The minimum absolute atomic E-state index is 0.633. The predicted molar refractivity (Wildman–Crippen MR) is 94.1 cm³/mol. The number of rotatable bonds is 13. The number of unbranched alkanes of at least 4 members (excludes halogenated alkanes) is 9. The molecule has 0 spiro atoms. The van der Waals surface area contributed by atoms with Gasteiger partial charge < -0.3 is 9.80 Å². The monoisotopic (exact) mass is 294 g/mol. The minimum Gasteiger partial charge on any atom is -0.356 e. The van der Waals surface area contributed by atoms with Crippen LogP contribution in [0.1, 0.15) is 91.4 Å². The average Bonchev–Trinajstić information content (AvgIpc) is 2.91. The molecule has 0 aromatic rings. The maximum Gasteiger partial charge on any atom is 0.101 e. The third-order valence-electron chi connectivity index (χ3n) is 4.76. The molecule has 0 fully saturated rings. The molecule has 2 heteroatoms. The summed E-state index contributed by atoms with van der Waals surface area (Å²) >= 11 is 0. The molecule has 0 radical (unpaired) electrons. The van der Waals surface area contributed by atoms with Crippen molar-refractivity contribution >= 4 is 0 Å². The van der Waals surface area contributed by atoms with Crippen LogP contribution >= 0.6 is 0 Å². The molecule has 1 heterocycles. The van der Waals surface area contributed by atoms with Gasteiger partial charge in [0.1, 0.15) is 6.17 Å². The predicted octanol–water partition coefficient (Wildman–Crippen LogP) is 5.75. The van der Waals surface area contributed by atoms with E-state index in [0.29, 0.717) is 6.17 Å². The highest BCUT2D eigenvalue weighted by atomic mass is 15.4. The van der Waals surface area contributed by atoms with Crippen molar-refractivity contribution in [2.24, 2.45) is 0 Å². The summed E-state index contributed by atoms with van der Waals surface area (Å²) in [5.41, 5.74) is 0. The molecule has 124 valence electrons. The second-order valence-corrected chi connectivity index (χ2v) is 6.41. The van der Waals surface area contributed by atoms with Crippen molar-refractivity contribution in [1.29, 1.82) is 0 Å². The Kier molecular flexibility index (Phi) is 10.5. The van der Waals surface area contributed by atoms with Gasteiger partial charge >= 0.3 is 0 Å².